The van der Waals surface area contributed by atoms with E-state index in [1.54, 1.807) is 60.5 Å². The molecule has 0 radical (unpaired) electrons. The molecule has 0 atom stereocenters. The van der Waals surface area contributed by atoms with E-state index in [4.69, 9.17) is 0 Å². The van der Waals surface area contributed by atoms with Gasteiger partial charge in [-0.05, 0) is 55.5 Å². The quantitative estimate of drug-likeness (QED) is 0.573. The van der Waals surface area contributed by atoms with Crippen molar-refractivity contribution in [3.05, 3.63) is 88.9 Å². The number of aryl methyl sites for hydroxylation is 1. The van der Waals surface area contributed by atoms with Crippen LogP contribution in [0.5, 0.6) is 0 Å². The Morgan fingerprint density at radius 1 is 1.00 bits per heavy atom. The van der Waals surface area contributed by atoms with Crippen LogP contribution in [-0.2, 0) is 0 Å². The molecule has 0 aliphatic heterocycles. The molecule has 138 valence electrons. The Morgan fingerprint density at radius 2 is 1.68 bits per heavy atom. The molecule has 4 rings (SSSR count). The van der Waals surface area contributed by atoms with Crippen molar-refractivity contribution in [1.29, 1.82) is 0 Å². The maximum atomic E-state index is 12.5. The van der Waals surface area contributed by atoms with Gasteiger partial charge in [-0.3, -0.25) is 14.2 Å². The van der Waals surface area contributed by atoms with Gasteiger partial charge in [-0.2, -0.15) is 0 Å². The number of nitrogens with zero attached hydrogens (tertiary/aromatic N) is 4. The van der Waals surface area contributed by atoms with Crippen LogP contribution in [0.25, 0.3) is 17.1 Å². The van der Waals surface area contributed by atoms with Gasteiger partial charge in [0.05, 0.1) is 0 Å². The maximum Gasteiger partial charge on any atom is 0.255 e. The molecule has 0 unspecified atom stereocenters. The minimum Gasteiger partial charge on any atom is -0.322 e. The molecule has 0 spiro atoms. The molecule has 0 aliphatic carbocycles. The first-order valence-electron chi connectivity index (χ1n) is 8.53. The third-order valence-corrected chi connectivity index (χ3v) is 4.13. The van der Waals surface area contributed by atoms with Crippen LogP contribution < -0.4 is 10.9 Å². The molecule has 4 aromatic rings. The summed E-state index contributed by atoms with van der Waals surface area (Å²) in [6, 6.07) is 15.7. The summed E-state index contributed by atoms with van der Waals surface area (Å²) < 4.78 is 1.75. The number of amides is 1. The summed E-state index contributed by atoms with van der Waals surface area (Å²) in [6.07, 6.45) is 3.18. The van der Waals surface area contributed by atoms with Crippen LogP contribution in [0.1, 0.15) is 16.1 Å². The molecule has 28 heavy (non-hydrogen) atoms. The summed E-state index contributed by atoms with van der Waals surface area (Å²) in [7, 11) is 0. The summed E-state index contributed by atoms with van der Waals surface area (Å²) in [5.41, 5.74) is 3.25. The summed E-state index contributed by atoms with van der Waals surface area (Å²) in [5.74, 6) is 0.276. The summed E-state index contributed by atoms with van der Waals surface area (Å²) >= 11 is 0. The number of aromatic nitrogens is 5. The van der Waals surface area contributed by atoms with Crippen molar-refractivity contribution in [3.63, 3.8) is 0 Å². The van der Waals surface area contributed by atoms with Gasteiger partial charge in [-0.1, -0.05) is 0 Å². The molecule has 2 aromatic heterocycles. The molecule has 2 N–H and O–H groups in total. The van der Waals surface area contributed by atoms with E-state index in [1.165, 1.54) is 6.07 Å². The number of carbonyl (C=O) groups is 1. The highest BCUT2D eigenvalue weighted by Crippen LogP contribution is 2.18. The Morgan fingerprint density at radius 3 is 2.32 bits per heavy atom. The fourth-order valence-corrected chi connectivity index (χ4v) is 2.75. The number of H-pyrrole nitrogens is 1. The monoisotopic (exact) mass is 372 g/mol. The number of benzene rings is 2. The van der Waals surface area contributed by atoms with Crippen molar-refractivity contribution in [2.24, 2.45) is 0 Å². The zero-order valence-electron chi connectivity index (χ0n) is 15.0. The van der Waals surface area contributed by atoms with Crippen molar-refractivity contribution in [2.75, 3.05) is 5.32 Å². The Labute approximate surface area is 159 Å². The van der Waals surface area contributed by atoms with E-state index in [2.05, 4.69) is 25.5 Å². The second-order valence-corrected chi connectivity index (χ2v) is 6.18. The zero-order chi connectivity index (χ0) is 19.5. The van der Waals surface area contributed by atoms with Gasteiger partial charge in [-0.15, -0.1) is 10.2 Å². The topological polar surface area (TPSA) is 106 Å². The van der Waals surface area contributed by atoms with Gasteiger partial charge in [0, 0.05) is 34.3 Å². The normalized spacial score (nSPS) is 10.6. The Bertz CT molecular complexity index is 1160. The van der Waals surface area contributed by atoms with Crippen molar-refractivity contribution >= 4 is 11.6 Å². The first-order chi connectivity index (χ1) is 13.6. The summed E-state index contributed by atoms with van der Waals surface area (Å²) in [6.45, 7) is 1.77. The van der Waals surface area contributed by atoms with Gasteiger partial charge in [-0.25, -0.2) is 4.98 Å². The number of carbonyl (C=O) groups excluding carboxylic acids is 1. The minimum atomic E-state index is -0.217. The standard InChI is InChI=1S/C20H16N6O2/c1-13-10-18(27)25-19(23-13)14-2-6-16(7-3-14)24-20(28)15-4-8-17(9-5-15)26-11-21-22-12-26/h2-12H,1H3,(H,24,28)(H,23,25,27). The van der Waals surface area contributed by atoms with E-state index in [0.29, 0.717) is 22.8 Å². The van der Waals surface area contributed by atoms with Crippen molar-refractivity contribution in [2.45, 2.75) is 6.92 Å². The van der Waals surface area contributed by atoms with E-state index in [0.717, 1.165) is 11.3 Å². The number of hydrogen-bond donors (Lipinski definition) is 2. The van der Waals surface area contributed by atoms with E-state index in [-0.39, 0.29) is 11.5 Å². The highest BCUT2D eigenvalue weighted by Gasteiger charge is 2.08. The van der Waals surface area contributed by atoms with Gasteiger partial charge in [0.2, 0.25) is 0 Å². The Kier molecular flexibility index (Phi) is 4.51. The highest BCUT2D eigenvalue weighted by atomic mass is 16.1. The predicted molar refractivity (Wildman–Crippen MR) is 104 cm³/mol. The van der Waals surface area contributed by atoms with Crippen LogP contribution in [0.4, 0.5) is 5.69 Å². The average molecular weight is 372 g/mol. The van der Waals surface area contributed by atoms with E-state index < -0.39 is 0 Å². The fraction of sp³-hybridized carbons (Fsp3) is 0.0500. The first-order valence-corrected chi connectivity index (χ1v) is 8.53. The molecule has 0 bridgehead atoms. The average Bonchev–Trinajstić information content (AvgIpc) is 3.23. The van der Waals surface area contributed by atoms with Gasteiger partial charge >= 0.3 is 0 Å². The van der Waals surface area contributed by atoms with E-state index in [1.807, 2.05) is 12.1 Å². The number of hydrogen-bond acceptors (Lipinski definition) is 5. The number of anilines is 1. The van der Waals surface area contributed by atoms with E-state index in [9.17, 15) is 9.59 Å². The lowest BCUT2D eigenvalue weighted by molar-refractivity contribution is 0.102. The SMILES string of the molecule is Cc1cc(=O)[nH]c(-c2ccc(NC(=O)c3ccc(-n4cnnc4)cc3)cc2)n1. The van der Waals surface area contributed by atoms with Crippen LogP contribution in [0, 0.1) is 6.92 Å². The smallest absolute Gasteiger partial charge is 0.255 e. The van der Waals surface area contributed by atoms with Crippen molar-refractivity contribution in [1.82, 2.24) is 24.7 Å². The third-order valence-electron chi connectivity index (χ3n) is 4.13. The number of aromatic amines is 1. The highest BCUT2D eigenvalue weighted by molar-refractivity contribution is 6.04. The number of rotatable bonds is 4. The van der Waals surface area contributed by atoms with Crippen molar-refractivity contribution in [3.8, 4) is 17.1 Å². The molecule has 2 heterocycles. The lowest BCUT2D eigenvalue weighted by Gasteiger charge is -2.08. The van der Waals surface area contributed by atoms with Crippen LogP contribution in [-0.4, -0.2) is 30.6 Å². The summed E-state index contributed by atoms with van der Waals surface area (Å²) in [4.78, 5) is 31.1. The van der Waals surface area contributed by atoms with Crippen LogP contribution in [0.15, 0.2) is 72.0 Å². The zero-order valence-corrected chi connectivity index (χ0v) is 15.0. The molecule has 0 aliphatic rings. The predicted octanol–water partition coefficient (Wildman–Crippen LogP) is 2.58. The second-order valence-electron chi connectivity index (χ2n) is 6.18. The van der Waals surface area contributed by atoms with Crippen LogP contribution >= 0.6 is 0 Å². The molecule has 2 aromatic carbocycles. The molecule has 0 saturated carbocycles. The largest absolute Gasteiger partial charge is 0.322 e. The van der Waals surface area contributed by atoms with Crippen LogP contribution in [0.3, 0.4) is 0 Å². The van der Waals surface area contributed by atoms with E-state index >= 15 is 0 Å². The molecular formula is C20H16N6O2. The van der Waals surface area contributed by atoms with Gasteiger partial charge in [0.25, 0.3) is 11.5 Å². The molecular weight excluding hydrogens is 356 g/mol. The molecule has 0 fully saturated rings. The fourth-order valence-electron chi connectivity index (χ4n) is 2.75. The third kappa shape index (κ3) is 3.70. The number of nitrogens with one attached hydrogen (secondary N) is 2. The molecule has 8 nitrogen and oxygen atoms in total. The lowest BCUT2D eigenvalue weighted by atomic mass is 10.1. The molecule has 1 amide bonds. The first kappa shape index (κ1) is 17.3. The Balaban J connectivity index is 1.48. The van der Waals surface area contributed by atoms with Gasteiger partial charge in [0.1, 0.15) is 18.5 Å². The summed E-state index contributed by atoms with van der Waals surface area (Å²) in [5, 5.41) is 10.4. The lowest BCUT2D eigenvalue weighted by Crippen LogP contribution is -2.12. The van der Waals surface area contributed by atoms with Gasteiger partial charge < -0.3 is 10.3 Å². The molecule has 0 saturated heterocycles. The van der Waals surface area contributed by atoms with Crippen LogP contribution in [0.2, 0.25) is 0 Å². The maximum absolute atomic E-state index is 12.5. The second kappa shape index (κ2) is 7.28. The Hall–Kier alpha value is -4.07. The van der Waals surface area contributed by atoms with Crippen molar-refractivity contribution < 1.29 is 4.79 Å². The molecule has 8 heteroatoms. The van der Waals surface area contributed by atoms with Gasteiger partial charge in [0.15, 0.2) is 0 Å². The minimum absolute atomic E-state index is 0.199.